The number of carboxylic acid groups (broad SMARTS) is 1. The number of carbonyl (C=O) groups is 1. The fraction of sp³-hybridized carbons (Fsp3) is 0.857. The second kappa shape index (κ2) is 9.31. The number of carboxylic acids is 1. The topological polar surface area (TPSA) is 40.5 Å². The molecule has 0 fully saturated rings. The van der Waals surface area contributed by atoms with E-state index in [1.807, 2.05) is 24.3 Å². The van der Waals surface area contributed by atoms with Crippen molar-refractivity contribution in [3.05, 3.63) is 0 Å². The van der Waals surface area contributed by atoms with E-state index in [1.54, 1.807) is 22.8 Å². The third-order valence-corrected chi connectivity index (χ3v) is 13.3. The second-order valence-corrected chi connectivity index (χ2v) is 14.8. The minimum absolute atomic E-state index is 0. The maximum absolute atomic E-state index is 10.6. The molecule has 0 saturated carbocycles. The standard InChI is InChI=1S/C7H16NO2PS3.BrH/c1-4-8(5-7(9)10)6-11(12,13-2)14-3;/h4-6H2,1-3H3,(H,9,10);1H. The van der Waals surface area contributed by atoms with Crippen LogP contribution in [-0.4, -0.2) is 47.9 Å². The third-order valence-electron chi connectivity index (χ3n) is 1.74. The summed E-state index contributed by atoms with van der Waals surface area (Å²) in [6, 6.07) is 0. The van der Waals surface area contributed by atoms with Gasteiger partial charge in [-0.1, -0.05) is 18.7 Å². The van der Waals surface area contributed by atoms with Crippen molar-refractivity contribution in [3.8, 4) is 0 Å². The van der Waals surface area contributed by atoms with Gasteiger partial charge in [-0.05, 0) is 19.1 Å². The monoisotopic (exact) mass is 353 g/mol. The zero-order valence-electron chi connectivity index (χ0n) is 9.00. The number of nitrogens with zero attached hydrogens (tertiary/aromatic N) is 1. The number of hydrogen-bond acceptors (Lipinski definition) is 5. The Hall–Kier alpha value is 1.26. The van der Waals surface area contributed by atoms with Gasteiger partial charge < -0.3 is 5.11 Å². The Morgan fingerprint density at radius 3 is 2.20 bits per heavy atom. The molecule has 0 radical (unpaired) electrons. The lowest BCUT2D eigenvalue weighted by atomic mass is 10.5. The van der Waals surface area contributed by atoms with Gasteiger partial charge in [-0.15, -0.1) is 39.7 Å². The SMILES string of the molecule is Br.CCN(CC(=O)O)CP(=S)(SC)SC. The van der Waals surface area contributed by atoms with Crippen molar-refractivity contribution in [2.24, 2.45) is 0 Å². The van der Waals surface area contributed by atoms with Gasteiger partial charge in [-0.3, -0.25) is 9.69 Å². The summed E-state index contributed by atoms with van der Waals surface area (Å²) in [5.74, 6) is -0.782. The molecule has 3 nitrogen and oxygen atoms in total. The van der Waals surface area contributed by atoms with Gasteiger partial charge in [0.15, 0.2) is 0 Å². The van der Waals surface area contributed by atoms with Crippen LogP contribution in [-0.2, 0) is 16.6 Å². The minimum atomic E-state index is -1.48. The third kappa shape index (κ3) is 8.05. The van der Waals surface area contributed by atoms with Gasteiger partial charge >= 0.3 is 5.97 Å². The smallest absolute Gasteiger partial charge is 0.317 e. The molecule has 0 unspecified atom stereocenters. The summed E-state index contributed by atoms with van der Waals surface area (Å²) in [7, 11) is 0. The molecule has 0 aliphatic carbocycles. The molecule has 92 valence electrons. The van der Waals surface area contributed by atoms with E-state index in [1.165, 1.54) is 0 Å². The van der Waals surface area contributed by atoms with Crippen LogP contribution in [0, 0.1) is 0 Å². The molecule has 0 aromatic rings. The molecule has 0 rings (SSSR count). The van der Waals surface area contributed by atoms with Gasteiger partial charge in [0.25, 0.3) is 0 Å². The summed E-state index contributed by atoms with van der Waals surface area (Å²) >= 11 is 8.90. The van der Waals surface area contributed by atoms with E-state index in [0.717, 1.165) is 12.8 Å². The van der Waals surface area contributed by atoms with E-state index < -0.39 is 10.4 Å². The molecule has 0 aromatic carbocycles. The number of halogens is 1. The number of likely N-dealkylation sites (N-methyl/N-ethyl adjacent to an activating group) is 1. The molecule has 8 heteroatoms. The van der Waals surface area contributed by atoms with Gasteiger partial charge in [-0.25, -0.2) is 0 Å². The van der Waals surface area contributed by atoms with Gasteiger partial charge in [0.1, 0.15) is 0 Å². The first kappa shape index (κ1) is 18.6. The molecular weight excluding hydrogens is 337 g/mol. The first-order valence-corrected chi connectivity index (χ1v) is 10.8. The predicted octanol–water partition coefficient (Wildman–Crippen LogP) is 2.96. The summed E-state index contributed by atoms with van der Waals surface area (Å²) in [4.78, 5) is 12.5. The van der Waals surface area contributed by atoms with Crippen LogP contribution in [0.3, 0.4) is 0 Å². The summed E-state index contributed by atoms with van der Waals surface area (Å²) in [6.45, 7) is 2.80. The Morgan fingerprint density at radius 2 is 1.93 bits per heavy atom. The van der Waals surface area contributed by atoms with Crippen molar-refractivity contribution in [2.75, 3.05) is 31.9 Å². The van der Waals surface area contributed by atoms with Crippen LogP contribution < -0.4 is 0 Å². The molecule has 0 atom stereocenters. The second-order valence-electron chi connectivity index (χ2n) is 2.66. The molecule has 0 aromatic heterocycles. The van der Waals surface area contributed by atoms with E-state index in [-0.39, 0.29) is 23.5 Å². The van der Waals surface area contributed by atoms with Gasteiger partial charge in [0.05, 0.1) is 11.0 Å². The Bertz CT molecular complexity index is 234. The molecule has 0 heterocycles. The average Bonchev–Trinajstić information content (AvgIpc) is 2.16. The van der Waals surface area contributed by atoms with Crippen molar-refractivity contribution >= 4 is 62.0 Å². The van der Waals surface area contributed by atoms with Crippen LogP contribution in [0.1, 0.15) is 6.92 Å². The molecule has 0 bridgehead atoms. The molecule has 15 heavy (non-hydrogen) atoms. The lowest BCUT2D eigenvalue weighted by Crippen LogP contribution is -2.29. The minimum Gasteiger partial charge on any atom is -0.480 e. The average molecular weight is 354 g/mol. The fourth-order valence-electron chi connectivity index (χ4n) is 0.888. The zero-order valence-corrected chi connectivity index (χ0v) is 14.1. The van der Waals surface area contributed by atoms with E-state index in [9.17, 15) is 4.79 Å². The Balaban J connectivity index is 0. The largest absolute Gasteiger partial charge is 0.480 e. The Labute approximate surface area is 115 Å². The molecule has 1 N–H and O–H groups in total. The van der Waals surface area contributed by atoms with Gasteiger partial charge in [-0.2, -0.15) is 0 Å². The Morgan fingerprint density at radius 1 is 1.47 bits per heavy atom. The molecule has 0 aliphatic heterocycles. The van der Waals surface area contributed by atoms with Crippen molar-refractivity contribution in [1.29, 1.82) is 0 Å². The van der Waals surface area contributed by atoms with Crippen LogP contribution in [0.25, 0.3) is 0 Å². The van der Waals surface area contributed by atoms with Crippen LogP contribution in [0.15, 0.2) is 0 Å². The fourth-order valence-corrected chi connectivity index (χ4v) is 6.01. The maximum atomic E-state index is 10.6. The Kier molecular flexibility index (Phi) is 11.6. The number of hydrogen-bond donors (Lipinski definition) is 1. The van der Waals surface area contributed by atoms with E-state index >= 15 is 0 Å². The van der Waals surface area contributed by atoms with Crippen molar-refractivity contribution in [3.63, 3.8) is 0 Å². The molecule has 0 saturated heterocycles. The van der Waals surface area contributed by atoms with Gasteiger partial charge in [0, 0.05) is 6.29 Å². The van der Waals surface area contributed by atoms with Crippen molar-refractivity contribution < 1.29 is 9.90 Å². The predicted molar refractivity (Wildman–Crippen MR) is 81.4 cm³/mol. The molecule has 0 amide bonds. The lowest BCUT2D eigenvalue weighted by molar-refractivity contribution is -0.138. The van der Waals surface area contributed by atoms with E-state index in [4.69, 9.17) is 16.9 Å². The van der Waals surface area contributed by atoms with Crippen LogP contribution in [0.5, 0.6) is 0 Å². The highest BCUT2D eigenvalue weighted by molar-refractivity contribution is 9.00. The summed E-state index contributed by atoms with van der Waals surface area (Å²) in [5.41, 5.74) is 0. The lowest BCUT2D eigenvalue weighted by Gasteiger charge is -2.25. The molecule has 0 spiro atoms. The number of rotatable bonds is 7. The van der Waals surface area contributed by atoms with Crippen molar-refractivity contribution in [1.82, 2.24) is 4.90 Å². The highest BCUT2D eigenvalue weighted by atomic mass is 79.9. The summed E-state index contributed by atoms with van der Waals surface area (Å²) < 4.78 is -1.48. The highest BCUT2D eigenvalue weighted by Crippen LogP contribution is 2.67. The van der Waals surface area contributed by atoms with E-state index in [2.05, 4.69) is 0 Å². The summed E-state index contributed by atoms with van der Waals surface area (Å²) in [6.07, 6.45) is 4.74. The summed E-state index contributed by atoms with van der Waals surface area (Å²) in [5, 5.41) is 8.68. The van der Waals surface area contributed by atoms with Gasteiger partial charge in [0.2, 0.25) is 0 Å². The molecule has 0 aliphatic rings. The van der Waals surface area contributed by atoms with Crippen LogP contribution in [0.4, 0.5) is 0 Å². The number of aliphatic carboxylic acids is 1. The van der Waals surface area contributed by atoms with Crippen LogP contribution in [0.2, 0.25) is 0 Å². The quantitative estimate of drug-likeness (QED) is 0.709. The highest BCUT2D eigenvalue weighted by Gasteiger charge is 2.19. The van der Waals surface area contributed by atoms with Crippen molar-refractivity contribution in [2.45, 2.75) is 6.92 Å². The van der Waals surface area contributed by atoms with E-state index in [0.29, 0.717) is 0 Å². The zero-order chi connectivity index (χ0) is 11.2. The normalized spacial score (nSPS) is 11.2. The molecular formula is C7H17BrNO2PS3. The first-order chi connectivity index (χ1) is 6.47. The first-order valence-electron chi connectivity index (χ1n) is 4.12. The maximum Gasteiger partial charge on any atom is 0.317 e. The van der Waals surface area contributed by atoms with Crippen LogP contribution >= 0.6 is 44.2 Å².